The summed E-state index contributed by atoms with van der Waals surface area (Å²) in [5.41, 5.74) is 2.28. The Kier molecular flexibility index (Phi) is 5.50. The molecule has 2 aromatic carbocycles. The minimum Gasteiger partial charge on any atom is -0.297 e. The Hall–Kier alpha value is -2.97. The molecule has 8 heteroatoms. The van der Waals surface area contributed by atoms with Crippen molar-refractivity contribution in [1.29, 1.82) is 0 Å². The number of thiophene rings is 1. The van der Waals surface area contributed by atoms with E-state index < -0.39 is 0 Å². The summed E-state index contributed by atoms with van der Waals surface area (Å²) in [6.45, 7) is 0.684. The molecule has 0 radical (unpaired) electrons. The van der Waals surface area contributed by atoms with E-state index in [1.54, 1.807) is 35.2 Å². The molecular weight excluding hydrogens is 392 g/mol. The van der Waals surface area contributed by atoms with Crippen molar-refractivity contribution in [2.45, 2.75) is 17.5 Å². The predicted octanol–water partition coefficient (Wildman–Crippen LogP) is 5.26. The summed E-state index contributed by atoms with van der Waals surface area (Å²) in [6.07, 6.45) is 0. The van der Waals surface area contributed by atoms with Gasteiger partial charge in [-0.05, 0) is 22.6 Å². The second-order valence-corrected chi connectivity index (χ2v) is 7.96. The molecule has 0 fully saturated rings. The smallest absolute Gasteiger partial charge is 0.269 e. The Bertz CT molecular complexity index is 1060. The minimum atomic E-state index is -0.388. The zero-order chi connectivity index (χ0) is 19.3. The highest BCUT2D eigenvalue weighted by Crippen LogP contribution is 2.30. The van der Waals surface area contributed by atoms with Gasteiger partial charge in [-0.1, -0.05) is 60.3 Å². The molecule has 28 heavy (non-hydrogen) atoms. The Morgan fingerprint density at radius 3 is 2.43 bits per heavy atom. The van der Waals surface area contributed by atoms with E-state index in [0.717, 1.165) is 21.4 Å². The van der Waals surface area contributed by atoms with Crippen LogP contribution in [0.25, 0.3) is 10.7 Å². The maximum absolute atomic E-state index is 10.8. The van der Waals surface area contributed by atoms with Crippen molar-refractivity contribution < 1.29 is 4.92 Å². The van der Waals surface area contributed by atoms with Gasteiger partial charge in [0.25, 0.3) is 5.69 Å². The summed E-state index contributed by atoms with van der Waals surface area (Å²) >= 11 is 3.21. The molecule has 0 aliphatic heterocycles. The standard InChI is InChI=1S/C20H16N4O2S2/c25-24(26)17-10-8-16(9-11-17)14-28-20-22-21-19(18-7-4-12-27-18)23(20)13-15-5-2-1-3-6-15/h1-12H,13-14H2. The van der Waals surface area contributed by atoms with Gasteiger partial charge in [0.2, 0.25) is 0 Å². The van der Waals surface area contributed by atoms with Crippen molar-refractivity contribution in [3.8, 4) is 10.7 Å². The molecule has 2 aromatic heterocycles. The van der Waals surface area contributed by atoms with Crippen LogP contribution in [0.15, 0.2) is 77.3 Å². The molecule has 0 saturated heterocycles. The molecule has 2 heterocycles. The topological polar surface area (TPSA) is 73.8 Å². The first-order chi connectivity index (χ1) is 13.7. The van der Waals surface area contributed by atoms with E-state index in [0.29, 0.717) is 12.3 Å². The van der Waals surface area contributed by atoms with Crippen LogP contribution in [-0.2, 0) is 12.3 Å². The van der Waals surface area contributed by atoms with E-state index in [9.17, 15) is 10.1 Å². The third-order valence-corrected chi connectivity index (χ3v) is 6.06. The lowest BCUT2D eigenvalue weighted by atomic mass is 10.2. The third kappa shape index (κ3) is 4.13. The number of aromatic nitrogens is 3. The van der Waals surface area contributed by atoms with Crippen molar-refractivity contribution in [3.05, 3.63) is 93.4 Å². The van der Waals surface area contributed by atoms with Crippen LogP contribution in [-0.4, -0.2) is 19.7 Å². The molecule has 140 valence electrons. The average Bonchev–Trinajstić information content (AvgIpc) is 3.37. The molecule has 0 atom stereocenters. The number of nitrogens with zero attached hydrogens (tertiary/aromatic N) is 4. The lowest BCUT2D eigenvalue weighted by Gasteiger charge is -2.09. The molecule has 4 aromatic rings. The van der Waals surface area contributed by atoms with Crippen molar-refractivity contribution in [1.82, 2.24) is 14.8 Å². The zero-order valence-electron chi connectivity index (χ0n) is 14.8. The fourth-order valence-corrected chi connectivity index (χ4v) is 4.36. The Balaban J connectivity index is 1.58. The lowest BCUT2D eigenvalue weighted by molar-refractivity contribution is -0.384. The monoisotopic (exact) mass is 408 g/mol. The molecule has 0 aliphatic carbocycles. The van der Waals surface area contributed by atoms with Gasteiger partial charge in [-0.2, -0.15) is 0 Å². The van der Waals surface area contributed by atoms with Gasteiger partial charge < -0.3 is 0 Å². The van der Waals surface area contributed by atoms with Gasteiger partial charge >= 0.3 is 0 Å². The molecule has 0 N–H and O–H groups in total. The van der Waals surface area contributed by atoms with E-state index in [4.69, 9.17) is 0 Å². The number of non-ortho nitro benzene ring substituents is 1. The van der Waals surface area contributed by atoms with Crippen LogP contribution in [0.4, 0.5) is 5.69 Å². The van der Waals surface area contributed by atoms with E-state index in [1.807, 2.05) is 35.7 Å². The second kappa shape index (κ2) is 8.37. The highest BCUT2D eigenvalue weighted by molar-refractivity contribution is 7.98. The van der Waals surface area contributed by atoms with Crippen LogP contribution < -0.4 is 0 Å². The van der Waals surface area contributed by atoms with Gasteiger partial charge in [0.05, 0.1) is 16.3 Å². The maximum atomic E-state index is 10.8. The highest BCUT2D eigenvalue weighted by Gasteiger charge is 2.16. The first kappa shape index (κ1) is 18.4. The number of benzene rings is 2. The molecule has 6 nitrogen and oxygen atoms in total. The molecule has 0 unspecified atom stereocenters. The molecular formula is C20H16N4O2S2. The van der Waals surface area contributed by atoms with Gasteiger partial charge in [0.1, 0.15) is 0 Å². The minimum absolute atomic E-state index is 0.0981. The first-order valence-corrected chi connectivity index (χ1v) is 10.4. The highest BCUT2D eigenvalue weighted by atomic mass is 32.2. The van der Waals surface area contributed by atoms with Gasteiger partial charge in [-0.15, -0.1) is 21.5 Å². The number of nitro groups is 1. The number of hydrogen-bond donors (Lipinski definition) is 0. The summed E-state index contributed by atoms with van der Waals surface area (Å²) in [7, 11) is 0. The van der Waals surface area contributed by atoms with Crippen molar-refractivity contribution in [3.63, 3.8) is 0 Å². The van der Waals surface area contributed by atoms with E-state index >= 15 is 0 Å². The third-order valence-electron chi connectivity index (χ3n) is 4.16. The van der Waals surface area contributed by atoms with Gasteiger partial charge in [-0.3, -0.25) is 14.7 Å². The van der Waals surface area contributed by atoms with Crippen molar-refractivity contribution in [2.75, 3.05) is 0 Å². The van der Waals surface area contributed by atoms with Gasteiger partial charge in [0, 0.05) is 17.9 Å². The van der Waals surface area contributed by atoms with Crippen LogP contribution in [0.1, 0.15) is 11.1 Å². The predicted molar refractivity (Wildman–Crippen MR) is 112 cm³/mol. The van der Waals surface area contributed by atoms with E-state index in [-0.39, 0.29) is 10.6 Å². The Morgan fingerprint density at radius 1 is 0.964 bits per heavy atom. The van der Waals surface area contributed by atoms with Gasteiger partial charge in [-0.25, -0.2) is 0 Å². The SMILES string of the molecule is O=[N+]([O-])c1ccc(CSc2nnc(-c3cccs3)n2Cc2ccccc2)cc1. The van der Waals surface area contributed by atoms with Gasteiger partial charge in [0.15, 0.2) is 11.0 Å². The number of thioether (sulfide) groups is 1. The Labute approximate surface area is 170 Å². The van der Waals surface area contributed by atoms with Crippen LogP contribution in [0.3, 0.4) is 0 Å². The van der Waals surface area contributed by atoms with Crippen molar-refractivity contribution in [2.24, 2.45) is 0 Å². The fourth-order valence-electron chi connectivity index (χ4n) is 2.75. The number of hydrogen-bond acceptors (Lipinski definition) is 6. The van der Waals surface area contributed by atoms with Crippen molar-refractivity contribution >= 4 is 28.8 Å². The van der Waals surface area contributed by atoms with Crippen LogP contribution in [0.2, 0.25) is 0 Å². The summed E-state index contributed by atoms with van der Waals surface area (Å²) in [5, 5.41) is 22.5. The molecule has 0 aliphatic rings. The average molecular weight is 409 g/mol. The first-order valence-electron chi connectivity index (χ1n) is 8.58. The summed E-state index contributed by atoms with van der Waals surface area (Å²) < 4.78 is 2.12. The van der Waals surface area contributed by atoms with Crippen LogP contribution in [0.5, 0.6) is 0 Å². The normalized spacial score (nSPS) is 10.9. The maximum Gasteiger partial charge on any atom is 0.269 e. The van der Waals surface area contributed by atoms with E-state index in [1.165, 1.54) is 17.7 Å². The zero-order valence-corrected chi connectivity index (χ0v) is 16.4. The second-order valence-electron chi connectivity index (χ2n) is 6.07. The quantitative estimate of drug-likeness (QED) is 0.237. The number of rotatable bonds is 7. The largest absolute Gasteiger partial charge is 0.297 e. The van der Waals surface area contributed by atoms with E-state index in [2.05, 4.69) is 26.9 Å². The molecule has 0 bridgehead atoms. The summed E-state index contributed by atoms with van der Waals surface area (Å²) in [6, 6.07) is 20.9. The fraction of sp³-hybridized carbons (Fsp3) is 0.100. The molecule has 0 spiro atoms. The molecule has 0 saturated carbocycles. The summed E-state index contributed by atoms with van der Waals surface area (Å²) in [5.74, 6) is 1.51. The van der Waals surface area contributed by atoms with Crippen LogP contribution >= 0.6 is 23.1 Å². The lowest BCUT2D eigenvalue weighted by Crippen LogP contribution is -2.03. The van der Waals surface area contributed by atoms with Crippen LogP contribution in [0, 0.1) is 10.1 Å². The number of nitro benzene ring substituents is 1. The molecule has 0 amide bonds. The Morgan fingerprint density at radius 2 is 1.75 bits per heavy atom. The molecule has 4 rings (SSSR count). The summed E-state index contributed by atoms with van der Waals surface area (Å²) in [4.78, 5) is 11.5.